The molecule has 21 heavy (non-hydrogen) atoms. The van der Waals surface area contributed by atoms with Crippen molar-refractivity contribution < 1.29 is 4.74 Å². The lowest BCUT2D eigenvalue weighted by Crippen LogP contribution is -2.26. The van der Waals surface area contributed by atoms with Crippen molar-refractivity contribution in [2.45, 2.75) is 26.8 Å². The fraction of sp³-hybridized carbons (Fsp3) is 0.538. The molecule has 0 aliphatic carbocycles. The minimum atomic E-state index is -0.171. The molecule has 8 heteroatoms. The molecule has 0 radical (unpaired) electrons. The number of anilines is 1. The van der Waals surface area contributed by atoms with E-state index in [4.69, 9.17) is 4.74 Å². The van der Waals surface area contributed by atoms with Crippen LogP contribution in [0, 0.1) is 6.92 Å². The predicted octanol–water partition coefficient (Wildman–Crippen LogP) is 1.54. The third-order valence-corrected chi connectivity index (χ3v) is 3.70. The summed E-state index contributed by atoms with van der Waals surface area (Å²) in [6, 6.07) is 1.75. The molecule has 2 heterocycles. The van der Waals surface area contributed by atoms with E-state index in [1.165, 1.54) is 16.0 Å². The van der Waals surface area contributed by atoms with Gasteiger partial charge in [0, 0.05) is 13.7 Å². The third kappa shape index (κ3) is 3.85. The molecule has 1 N–H and O–H groups in total. The van der Waals surface area contributed by atoms with Gasteiger partial charge in [0.15, 0.2) is 5.01 Å². The molecule has 114 valence electrons. The van der Waals surface area contributed by atoms with Crippen LogP contribution in [0.1, 0.15) is 19.0 Å². The molecule has 0 bridgehead atoms. The number of nitrogens with zero attached hydrogens (tertiary/aromatic N) is 4. The molecule has 0 aliphatic heterocycles. The van der Waals surface area contributed by atoms with Gasteiger partial charge in [0.25, 0.3) is 5.56 Å². The summed E-state index contributed by atoms with van der Waals surface area (Å²) in [5, 5.41) is 16.9. The van der Waals surface area contributed by atoms with Gasteiger partial charge in [-0.3, -0.25) is 4.79 Å². The van der Waals surface area contributed by atoms with Crippen molar-refractivity contribution >= 4 is 16.5 Å². The zero-order valence-electron chi connectivity index (χ0n) is 12.4. The van der Waals surface area contributed by atoms with Gasteiger partial charge < -0.3 is 10.1 Å². The minimum Gasteiger partial charge on any atom is -0.383 e. The van der Waals surface area contributed by atoms with Crippen molar-refractivity contribution in [3.8, 4) is 10.6 Å². The zero-order chi connectivity index (χ0) is 15.2. The highest BCUT2D eigenvalue weighted by Gasteiger charge is 2.13. The average Bonchev–Trinajstić information content (AvgIpc) is 2.94. The number of hydrogen-bond acceptors (Lipinski definition) is 7. The number of aromatic nitrogens is 4. The van der Waals surface area contributed by atoms with Gasteiger partial charge in [-0.25, -0.2) is 4.68 Å². The maximum absolute atomic E-state index is 12.4. The van der Waals surface area contributed by atoms with Crippen molar-refractivity contribution in [1.82, 2.24) is 20.0 Å². The van der Waals surface area contributed by atoms with Crippen LogP contribution in [0.25, 0.3) is 10.6 Å². The quantitative estimate of drug-likeness (QED) is 0.835. The first kappa shape index (κ1) is 15.6. The van der Waals surface area contributed by atoms with Crippen LogP contribution in [0.2, 0.25) is 0 Å². The van der Waals surface area contributed by atoms with Gasteiger partial charge >= 0.3 is 0 Å². The molecule has 2 aromatic rings. The van der Waals surface area contributed by atoms with Crippen LogP contribution in [0.15, 0.2) is 10.9 Å². The summed E-state index contributed by atoms with van der Waals surface area (Å²) in [6.07, 6.45) is 1.01. The topological polar surface area (TPSA) is 81.9 Å². The Bertz CT molecular complexity index is 652. The van der Waals surface area contributed by atoms with Crippen LogP contribution in [0.3, 0.4) is 0 Å². The minimum absolute atomic E-state index is 0.171. The molecule has 0 saturated heterocycles. The molecular weight excluding hydrogens is 290 g/mol. The molecule has 0 aromatic carbocycles. The van der Waals surface area contributed by atoms with Crippen LogP contribution < -0.4 is 10.9 Å². The SMILES string of the molecule is CCCNc1nnc(-c2cc(C)nn(CCOC)c2=O)s1. The lowest BCUT2D eigenvalue weighted by molar-refractivity contribution is 0.181. The van der Waals surface area contributed by atoms with Crippen molar-refractivity contribution in [3.05, 3.63) is 22.1 Å². The number of methoxy groups -OCH3 is 1. The Kier molecular flexibility index (Phi) is 5.40. The van der Waals surface area contributed by atoms with Crippen molar-refractivity contribution in [3.63, 3.8) is 0 Å². The van der Waals surface area contributed by atoms with Crippen LogP contribution in [0.5, 0.6) is 0 Å². The number of rotatable bonds is 7. The molecule has 0 unspecified atom stereocenters. The number of aryl methyl sites for hydroxylation is 1. The van der Waals surface area contributed by atoms with Gasteiger partial charge in [-0.1, -0.05) is 18.3 Å². The molecule has 0 saturated carbocycles. The van der Waals surface area contributed by atoms with E-state index in [0.717, 1.165) is 23.8 Å². The lowest BCUT2D eigenvalue weighted by Gasteiger charge is -2.06. The Balaban J connectivity index is 2.32. The van der Waals surface area contributed by atoms with Crippen LogP contribution in [-0.4, -0.2) is 40.2 Å². The van der Waals surface area contributed by atoms with E-state index in [-0.39, 0.29) is 5.56 Å². The third-order valence-electron chi connectivity index (χ3n) is 2.79. The molecule has 0 amide bonds. The summed E-state index contributed by atoms with van der Waals surface area (Å²) in [4.78, 5) is 12.4. The molecule has 2 aromatic heterocycles. The zero-order valence-corrected chi connectivity index (χ0v) is 13.2. The second kappa shape index (κ2) is 7.28. The first-order chi connectivity index (χ1) is 10.2. The summed E-state index contributed by atoms with van der Waals surface area (Å²) in [7, 11) is 1.60. The maximum atomic E-state index is 12.4. The molecule has 0 aliphatic rings. The second-order valence-corrected chi connectivity index (χ2v) is 5.54. The normalized spacial score (nSPS) is 10.8. The van der Waals surface area contributed by atoms with E-state index in [0.29, 0.717) is 23.7 Å². The summed E-state index contributed by atoms with van der Waals surface area (Å²) < 4.78 is 6.41. The smallest absolute Gasteiger partial charge is 0.277 e. The second-order valence-electron chi connectivity index (χ2n) is 4.56. The van der Waals surface area contributed by atoms with Crippen LogP contribution in [0.4, 0.5) is 5.13 Å². The Morgan fingerprint density at radius 1 is 1.43 bits per heavy atom. The van der Waals surface area contributed by atoms with E-state index in [2.05, 4.69) is 27.5 Å². The summed E-state index contributed by atoms with van der Waals surface area (Å²) in [5.41, 5.74) is 1.12. The van der Waals surface area contributed by atoms with E-state index in [1.807, 2.05) is 6.92 Å². The van der Waals surface area contributed by atoms with Gasteiger partial charge in [0.1, 0.15) is 0 Å². The van der Waals surface area contributed by atoms with Gasteiger partial charge in [0.2, 0.25) is 5.13 Å². The Hall–Kier alpha value is -1.80. The molecule has 0 spiro atoms. The lowest BCUT2D eigenvalue weighted by atomic mass is 10.3. The van der Waals surface area contributed by atoms with Crippen LogP contribution in [-0.2, 0) is 11.3 Å². The van der Waals surface area contributed by atoms with E-state index in [1.54, 1.807) is 13.2 Å². The molecule has 0 fully saturated rings. The number of hydrogen-bond donors (Lipinski definition) is 1. The standard InChI is InChI=1S/C13H19N5O2S/c1-4-5-14-13-16-15-11(21-13)10-8-9(2)17-18(12(10)19)6-7-20-3/h8H,4-7H2,1-3H3,(H,14,16). The van der Waals surface area contributed by atoms with Gasteiger partial charge in [-0.15, -0.1) is 10.2 Å². The van der Waals surface area contributed by atoms with Gasteiger partial charge in [-0.2, -0.15) is 5.10 Å². The fourth-order valence-corrected chi connectivity index (χ4v) is 2.57. The Morgan fingerprint density at radius 3 is 2.95 bits per heavy atom. The summed E-state index contributed by atoms with van der Waals surface area (Å²) >= 11 is 1.38. The van der Waals surface area contributed by atoms with Crippen LogP contribution >= 0.6 is 11.3 Å². The van der Waals surface area contributed by atoms with Crippen molar-refractivity contribution in [2.75, 3.05) is 25.6 Å². The average molecular weight is 309 g/mol. The van der Waals surface area contributed by atoms with Crippen molar-refractivity contribution in [2.24, 2.45) is 0 Å². The molecule has 2 rings (SSSR count). The maximum Gasteiger partial charge on any atom is 0.277 e. The fourth-order valence-electron chi connectivity index (χ4n) is 1.79. The van der Waals surface area contributed by atoms with Gasteiger partial charge in [0.05, 0.1) is 24.4 Å². The number of nitrogens with one attached hydrogen (secondary N) is 1. The molecular formula is C13H19N5O2S. The Morgan fingerprint density at radius 2 is 2.24 bits per heavy atom. The highest BCUT2D eigenvalue weighted by Crippen LogP contribution is 2.24. The highest BCUT2D eigenvalue weighted by atomic mass is 32.1. The molecule has 7 nitrogen and oxygen atoms in total. The summed E-state index contributed by atoms with van der Waals surface area (Å²) in [5.74, 6) is 0. The van der Waals surface area contributed by atoms with E-state index >= 15 is 0 Å². The largest absolute Gasteiger partial charge is 0.383 e. The van der Waals surface area contributed by atoms with Crippen molar-refractivity contribution in [1.29, 1.82) is 0 Å². The summed E-state index contributed by atoms with van der Waals surface area (Å²) in [6.45, 7) is 5.63. The predicted molar refractivity (Wildman–Crippen MR) is 82.8 cm³/mol. The monoisotopic (exact) mass is 309 g/mol. The highest BCUT2D eigenvalue weighted by molar-refractivity contribution is 7.18. The van der Waals surface area contributed by atoms with Gasteiger partial charge in [-0.05, 0) is 19.4 Å². The van der Waals surface area contributed by atoms with E-state index < -0.39 is 0 Å². The molecule has 0 atom stereocenters. The first-order valence-corrected chi connectivity index (χ1v) is 7.62. The first-order valence-electron chi connectivity index (χ1n) is 6.81. The van der Waals surface area contributed by atoms with E-state index in [9.17, 15) is 4.79 Å². The Labute approximate surface area is 127 Å². The number of ether oxygens (including phenoxy) is 1.